The summed E-state index contributed by atoms with van der Waals surface area (Å²) in [5.41, 5.74) is 3.31. The number of halogens is 2. The van der Waals surface area contributed by atoms with Gasteiger partial charge in [-0.15, -0.1) is 0 Å². The van der Waals surface area contributed by atoms with Gasteiger partial charge in [0.2, 0.25) is 0 Å². The number of carboxylic acid groups (broad SMARTS) is 1. The molecule has 0 saturated carbocycles. The number of amides is 1. The van der Waals surface area contributed by atoms with Crippen LogP contribution in [0.5, 0.6) is 0 Å². The molecule has 6 rings (SSSR count). The van der Waals surface area contributed by atoms with Gasteiger partial charge >= 0.3 is 5.97 Å². The number of rotatable bonds is 5. The molecule has 0 aliphatic carbocycles. The molecule has 1 amide bonds. The second-order valence-electron chi connectivity index (χ2n) is 10.9. The fraction of sp³-hybridized carbons (Fsp3) is 0.176. The number of hydrogen-bond donors (Lipinski definition) is 2. The fourth-order valence-electron chi connectivity index (χ4n) is 6.06. The normalized spacial score (nSPS) is 12.0. The molecule has 0 saturated heterocycles. The number of carbonyl (C=O) groups excluding carboxylic acids is 1. The predicted molar refractivity (Wildman–Crippen MR) is 173 cm³/mol. The highest BCUT2D eigenvalue weighted by Gasteiger charge is 2.26. The number of anilines is 1. The van der Waals surface area contributed by atoms with Gasteiger partial charge in [-0.1, -0.05) is 108 Å². The molecule has 6 aromatic carbocycles. The van der Waals surface area contributed by atoms with E-state index >= 15 is 0 Å². The Balaban J connectivity index is 1.72. The summed E-state index contributed by atoms with van der Waals surface area (Å²) in [5.74, 6) is -1.02. The molecule has 0 aliphatic rings. The highest BCUT2D eigenvalue weighted by atomic mass is 79.9. The Morgan fingerprint density at radius 3 is 1.95 bits per heavy atom. The summed E-state index contributed by atoms with van der Waals surface area (Å²) < 4.78 is 1.66. The second kappa shape index (κ2) is 9.86. The summed E-state index contributed by atoms with van der Waals surface area (Å²) >= 11 is 7.54. The molecular weight excluding hydrogens is 630 g/mol. The van der Waals surface area contributed by atoms with Gasteiger partial charge in [0.25, 0.3) is 5.91 Å². The topological polar surface area (TPSA) is 66.4 Å². The zero-order chi connectivity index (χ0) is 28.5. The first kappa shape index (κ1) is 26.7. The Morgan fingerprint density at radius 2 is 1.30 bits per heavy atom. The molecule has 2 N–H and O–H groups in total. The number of carboxylic acids is 1. The van der Waals surface area contributed by atoms with Crippen molar-refractivity contribution in [3.8, 4) is 0 Å². The third-order valence-electron chi connectivity index (χ3n) is 7.85. The number of nitrogens with one attached hydrogen (secondary N) is 1. The van der Waals surface area contributed by atoms with E-state index in [0.29, 0.717) is 10.9 Å². The lowest BCUT2D eigenvalue weighted by Gasteiger charge is -2.22. The lowest BCUT2D eigenvalue weighted by molar-refractivity contribution is 0.0699. The molecule has 200 valence electrons. The Morgan fingerprint density at radius 1 is 0.675 bits per heavy atom. The molecule has 6 heteroatoms. The predicted octanol–water partition coefficient (Wildman–Crippen LogP) is 10.5. The van der Waals surface area contributed by atoms with Gasteiger partial charge in [-0.05, 0) is 62.7 Å². The fourth-order valence-corrected chi connectivity index (χ4v) is 7.25. The van der Waals surface area contributed by atoms with Crippen LogP contribution in [0.25, 0.3) is 43.1 Å². The van der Waals surface area contributed by atoms with Crippen molar-refractivity contribution in [3.05, 3.63) is 97.9 Å². The Bertz CT molecular complexity index is 1980. The lowest BCUT2D eigenvalue weighted by Crippen LogP contribution is -2.17. The Labute approximate surface area is 249 Å². The average Bonchev–Trinajstić information content (AvgIpc) is 2.92. The molecule has 0 radical (unpaired) electrons. The largest absolute Gasteiger partial charge is 0.478 e. The molecule has 0 atom stereocenters. The first-order chi connectivity index (χ1) is 19.1. The molecule has 6 aromatic rings. The number of hydrogen-bond acceptors (Lipinski definition) is 2. The minimum atomic E-state index is -1.07. The van der Waals surface area contributed by atoms with Crippen LogP contribution < -0.4 is 5.32 Å². The number of para-hydroxylation sites is 1. The number of benzene rings is 6. The van der Waals surface area contributed by atoms with E-state index < -0.39 is 5.97 Å². The molecule has 40 heavy (non-hydrogen) atoms. The van der Waals surface area contributed by atoms with Crippen LogP contribution in [0, 0.1) is 0 Å². The van der Waals surface area contributed by atoms with Crippen molar-refractivity contribution < 1.29 is 14.7 Å². The van der Waals surface area contributed by atoms with Gasteiger partial charge < -0.3 is 10.4 Å². The van der Waals surface area contributed by atoms with E-state index in [4.69, 9.17) is 0 Å². The first-order valence-corrected chi connectivity index (χ1v) is 14.9. The summed E-state index contributed by atoms with van der Waals surface area (Å²) in [7, 11) is 0. The van der Waals surface area contributed by atoms with E-state index in [-0.39, 0.29) is 23.3 Å². The summed E-state index contributed by atoms with van der Waals surface area (Å²) in [5, 5.41) is 20.7. The zero-order valence-corrected chi connectivity index (χ0v) is 25.7. The molecule has 0 fully saturated rings. The minimum Gasteiger partial charge on any atom is -0.478 e. The van der Waals surface area contributed by atoms with Crippen molar-refractivity contribution >= 4 is 92.5 Å². The van der Waals surface area contributed by atoms with Gasteiger partial charge in [0.15, 0.2) is 0 Å². The third kappa shape index (κ3) is 4.00. The van der Waals surface area contributed by atoms with Gasteiger partial charge in [-0.25, -0.2) is 4.79 Å². The van der Waals surface area contributed by atoms with E-state index in [1.54, 1.807) is 12.1 Å². The van der Waals surface area contributed by atoms with Gasteiger partial charge in [0, 0.05) is 41.7 Å². The van der Waals surface area contributed by atoms with Crippen LogP contribution in [0.2, 0.25) is 0 Å². The summed E-state index contributed by atoms with van der Waals surface area (Å²) in [6, 6.07) is 21.6. The van der Waals surface area contributed by atoms with Crippen LogP contribution in [-0.2, 0) is 0 Å². The van der Waals surface area contributed by atoms with E-state index in [2.05, 4.69) is 83.1 Å². The van der Waals surface area contributed by atoms with E-state index in [1.807, 2.05) is 36.4 Å². The van der Waals surface area contributed by atoms with Crippen molar-refractivity contribution in [1.82, 2.24) is 0 Å². The standard InChI is InChI=1S/C34H27Br2NO3/c1-16(2)19-8-6-9-20(17(3)4)32(19)37-33(38)24-15-26(36)30-21-10-5-7-18-11-14-25(35)29(27(18)21)22-12-13-23(34(39)40)28(24)31(22)30/h5-17H,1-4H3,(H,37,38)(H,39,40). The SMILES string of the molecule is CC(C)c1cccc(C(C)C)c1NC(=O)c1cc(Br)c2c3cccc4ccc(Br)c(c5ccc(C(=O)O)c1c52)c43. The van der Waals surface area contributed by atoms with Crippen LogP contribution in [0.4, 0.5) is 5.69 Å². The molecule has 0 aliphatic heterocycles. The summed E-state index contributed by atoms with van der Waals surface area (Å²) in [4.78, 5) is 26.8. The van der Waals surface area contributed by atoms with Crippen LogP contribution >= 0.6 is 31.9 Å². The second-order valence-corrected chi connectivity index (χ2v) is 12.6. The van der Waals surface area contributed by atoms with Gasteiger partial charge in [-0.2, -0.15) is 0 Å². The number of aromatic carboxylic acids is 1. The maximum Gasteiger partial charge on any atom is 0.336 e. The van der Waals surface area contributed by atoms with Crippen LogP contribution in [0.1, 0.15) is 71.4 Å². The van der Waals surface area contributed by atoms with Crippen LogP contribution in [0.15, 0.2) is 75.7 Å². The third-order valence-corrected chi connectivity index (χ3v) is 9.14. The Hall–Kier alpha value is -3.48. The van der Waals surface area contributed by atoms with E-state index in [9.17, 15) is 14.7 Å². The molecule has 0 aromatic heterocycles. The monoisotopic (exact) mass is 655 g/mol. The van der Waals surface area contributed by atoms with Crippen molar-refractivity contribution in [1.29, 1.82) is 0 Å². The zero-order valence-electron chi connectivity index (χ0n) is 22.5. The molecule has 0 bridgehead atoms. The van der Waals surface area contributed by atoms with E-state index in [1.165, 1.54) is 0 Å². The van der Waals surface area contributed by atoms with Gasteiger partial charge in [-0.3, -0.25) is 4.79 Å². The highest BCUT2D eigenvalue weighted by Crippen LogP contribution is 2.47. The maximum absolute atomic E-state index is 14.2. The van der Waals surface area contributed by atoms with Gasteiger partial charge in [0.1, 0.15) is 0 Å². The first-order valence-electron chi connectivity index (χ1n) is 13.3. The summed E-state index contributed by atoms with van der Waals surface area (Å²) in [6.07, 6.45) is 0. The molecule has 0 unspecified atom stereocenters. The van der Waals surface area contributed by atoms with Crippen molar-refractivity contribution in [2.24, 2.45) is 0 Å². The smallest absolute Gasteiger partial charge is 0.336 e. The van der Waals surface area contributed by atoms with E-state index in [0.717, 1.165) is 63.5 Å². The number of fused-ring (bicyclic) bond motifs is 2. The van der Waals surface area contributed by atoms with Crippen molar-refractivity contribution in [2.45, 2.75) is 39.5 Å². The average molecular weight is 657 g/mol. The quantitative estimate of drug-likeness (QED) is 0.143. The maximum atomic E-state index is 14.2. The van der Waals surface area contributed by atoms with Gasteiger partial charge in [0.05, 0.1) is 5.56 Å². The molecular formula is C34H27Br2NO3. The number of carbonyl (C=O) groups is 2. The Kier molecular flexibility index (Phi) is 6.59. The van der Waals surface area contributed by atoms with Crippen LogP contribution in [-0.4, -0.2) is 17.0 Å². The highest BCUT2D eigenvalue weighted by molar-refractivity contribution is 9.11. The lowest BCUT2D eigenvalue weighted by atomic mass is 9.86. The molecule has 0 spiro atoms. The summed E-state index contributed by atoms with van der Waals surface area (Å²) in [6.45, 7) is 8.42. The minimum absolute atomic E-state index is 0.0987. The van der Waals surface area contributed by atoms with Crippen molar-refractivity contribution in [2.75, 3.05) is 5.32 Å². The molecule has 4 nitrogen and oxygen atoms in total. The molecule has 0 heterocycles. The van der Waals surface area contributed by atoms with Crippen LogP contribution in [0.3, 0.4) is 0 Å². The van der Waals surface area contributed by atoms with Crippen molar-refractivity contribution in [3.63, 3.8) is 0 Å².